The summed E-state index contributed by atoms with van der Waals surface area (Å²) in [5, 5.41) is 14.0. The lowest BCUT2D eigenvalue weighted by atomic mass is 10.0. The molecule has 1 aliphatic carbocycles. The van der Waals surface area contributed by atoms with E-state index in [4.69, 9.17) is 9.47 Å². The number of rotatable bonds is 3. The molecule has 0 bridgehead atoms. The second-order valence-electron chi connectivity index (χ2n) is 6.59. The maximum Gasteiger partial charge on any atom is 0.161 e. The van der Waals surface area contributed by atoms with Crippen LogP contribution in [0.25, 0.3) is 0 Å². The predicted molar refractivity (Wildman–Crippen MR) is 92.5 cm³/mol. The summed E-state index contributed by atoms with van der Waals surface area (Å²) >= 11 is 0. The van der Waals surface area contributed by atoms with Gasteiger partial charge in [-0.05, 0) is 35.7 Å². The fourth-order valence-electron chi connectivity index (χ4n) is 3.59. The van der Waals surface area contributed by atoms with E-state index in [0.29, 0.717) is 19.6 Å². The molecule has 126 valence electrons. The molecule has 0 saturated carbocycles. The molecule has 4 heteroatoms. The largest absolute Gasteiger partial charge is 0.490 e. The molecule has 1 heterocycles. The van der Waals surface area contributed by atoms with Crippen molar-refractivity contribution in [2.45, 2.75) is 38.0 Å². The number of nitrogens with one attached hydrogen (secondary N) is 1. The Morgan fingerprint density at radius 2 is 1.88 bits per heavy atom. The zero-order valence-electron chi connectivity index (χ0n) is 13.9. The first kappa shape index (κ1) is 15.5. The lowest BCUT2D eigenvalue weighted by Crippen LogP contribution is -2.31. The summed E-state index contributed by atoms with van der Waals surface area (Å²) in [7, 11) is 0. The number of hydrogen-bond donors (Lipinski definition) is 2. The fraction of sp³-hybridized carbons (Fsp3) is 0.400. The van der Waals surface area contributed by atoms with Crippen molar-refractivity contribution in [3.63, 3.8) is 0 Å². The van der Waals surface area contributed by atoms with Gasteiger partial charge in [0.2, 0.25) is 0 Å². The first-order valence-corrected chi connectivity index (χ1v) is 8.64. The van der Waals surface area contributed by atoms with Crippen molar-refractivity contribution < 1.29 is 14.6 Å². The fourth-order valence-corrected chi connectivity index (χ4v) is 3.59. The Kier molecular flexibility index (Phi) is 4.17. The van der Waals surface area contributed by atoms with E-state index in [-0.39, 0.29) is 18.2 Å². The van der Waals surface area contributed by atoms with E-state index in [9.17, 15) is 5.11 Å². The van der Waals surface area contributed by atoms with Gasteiger partial charge in [-0.25, -0.2) is 0 Å². The van der Waals surface area contributed by atoms with Gasteiger partial charge in [-0.1, -0.05) is 30.3 Å². The van der Waals surface area contributed by atoms with E-state index in [1.165, 1.54) is 11.1 Å². The highest BCUT2D eigenvalue weighted by molar-refractivity contribution is 5.44. The molecule has 0 amide bonds. The van der Waals surface area contributed by atoms with Crippen LogP contribution in [0.1, 0.15) is 42.1 Å². The molecular weight excluding hydrogens is 302 g/mol. The van der Waals surface area contributed by atoms with E-state index in [1.54, 1.807) is 0 Å². The second kappa shape index (κ2) is 6.46. The lowest BCUT2D eigenvalue weighted by Gasteiger charge is -2.24. The predicted octanol–water partition coefficient (Wildman–Crippen LogP) is 3.16. The Morgan fingerprint density at radius 3 is 2.75 bits per heavy atom. The van der Waals surface area contributed by atoms with Crippen LogP contribution >= 0.6 is 0 Å². The van der Waals surface area contributed by atoms with Crippen LogP contribution in [0.15, 0.2) is 42.5 Å². The molecular formula is C20H23NO3. The molecule has 4 nitrogen and oxygen atoms in total. The molecule has 0 radical (unpaired) electrons. The molecule has 0 spiro atoms. The molecule has 1 aliphatic heterocycles. The average Bonchev–Trinajstić information content (AvgIpc) is 2.77. The molecule has 2 aromatic carbocycles. The normalized spacial score (nSPS) is 23.4. The number of ether oxygens (including phenoxy) is 2. The summed E-state index contributed by atoms with van der Waals surface area (Å²) in [5.41, 5.74) is 3.57. The summed E-state index contributed by atoms with van der Waals surface area (Å²) < 4.78 is 11.5. The Labute approximate surface area is 142 Å². The van der Waals surface area contributed by atoms with Crippen molar-refractivity contribution in [3.8, 4) is 11.5 Å². The van der Waals surface area contributed by atoms with Crippen LogP contribution < -0.4 is 14.8 Å². The topological polar surface area (TPSA) is 50.7 Å². The van der Waals surface area contributed by atoms with Crippen molar-refractivity contribution in [2.75, 3.05) is 13.2 Å². The minimum Gasteiger partial charge on any atom is -0.490 e. The highest BCUT2D eigenvalue weighted by atomic mass is 16.5. The van der Waals surface area contributed by atoms with Crippen molar-refractivity contribution in [3.05, 3.63) is 59.2 Å². The SMILES string of the molecule is CC(NC1c2ccccc2CC1O)c1ccc2c(c1)OCCCO2. The van der Waals surface area contributed by atoms with E-state index in [2.05, 4.69) is 30.4 Å². The third-order valence-corrected chi connectivity index (χ3v) is 4.91. The zero-order chi connectivity index (χ0) is 16.5. The molecule has 2 aromatic rings. The van der Waals surface area contributed by atoms with Crippen LogP contribution in [-0.2, 0) is 6.42 Å². The molecule has 2 N–H and O–H groups in total. The van der Waals surface area contributed by atoms with Crippen molar-refractivity contribution in [1.29, 1.82) is 0 Å². The maximum atomic E-state index is 10.4. The van der Waals surface area contributed by atoms with E-state index in [0.717, 1.165) is 23.5 Å². The van der Waals surface area contributed by atoms with Gasteiger partial charge in [0, 0.05) is 18.9 Å². The average molecular weight is 325 g/mol. The van der Waals surface area contributed by atoms with Crippen LogP contribution in [-0.4, -0.2) is 24.4 Å². The van der Waals surface area contributed by atoms with Crippen LogP contribution in [0, 0.1) is 0 Å². The third-order valence-electron chi connectivity index (χ3n) is 4.91. The Morgan fingerprint density at radius 1 is 1.08 bits per heavy atom. The summed E-state index contributed by atoms with van der Waals surface area (Å²) in [5.74, 6) is 1.63. The van der Waals surface area contributed by atoms with E-state index in [1.807, 2.05) is 24.3 Å². The number of fused-ring (bicyclic) bond motifs is 2. The van der Waals surface area contributed by atoms with Crippen molar-refractivity contribution >= 4 is 0 Å². The van der Waals surface area contributed by atoms with Gasteiger partial charge in [0.15, 0.2) is 11.5 Å². The van der Waals surface area contributed by atoms with Gasteiger partial charge in [-0.3, -0.25) is 0 Å². The van der Waals surface area contributed by atoms with Crippen molar-refractivity contribution in [1.82, 2.24) is 5.32 Å². The summed E-state index contributed by atoms with van der Waals surface area (Å²) in [6, 6.07) is 14.4. The molecule has 2 aliphatic rings. The molecule has 24 heavy (non-hydrogen) atoms. The maximum absolute atomic E-state index is 10.4. The zero-order valence-corrected chi connectivity index (χ0v) is 13.9. The number of aliphatic hydroxyl groups excluding tert-OH is 1. The summed E-state index contributed by atoms with van der Waals surface area (Å²) in [6.07, 6.45) is 1.23. The van der Waals surface area contributed by atoms with E-state index < -0.39 is 0 Å². The number of benzene rings is 2. The second-order valence-corrected chi connectivity index (χ2v) is 6.59. The molecule has 3 atom stereocenters. The molecule has 4 rings (SSSR count). The standard InChI is InChI=1S/C20H23NO3/c1-13(14-7-8-18-19(12-14)24-10-4-9-23-18)21-20-16-6-3-2-5-15(16)11-17(20)22/h2-3,5-8,12-13,17,20-22H,4,9-11H2,1H3. The smallest absolute Gasteiger partial charge is 0.161 e. The van der Waals surface area contributed by atoms with Gasteiger partial charge in [-0.2, -0.15) is 0 Å². The highest BCUT2D eigenvalue weighted by Gasteiger charge is 2.31. The molecule has 0 saturated heterocycles. The first-order chi connectivity index (χ1) is 11.7. The van der Waals surface area contributed by atoms with Crippen LogP contribution in [0.2, 0.25) is 0 Å². The highest BCUT2D eigenvalue weighted by Crippen LogP contribution is 2.35. The third kappa shape index (κ3) is 2.87. The van der Waals surface area contributed by atoms with Gasteiger partial charge in [0.25, 0.3) is 0 Å². The monoisotopic (exact) mass is 325 g/mol. The van der Waals surface area contributed by atoms with Gasteiger partial charge in [0.05, 0.1) is 25.4 Å². The van der Waals surface area contributed by atoms with Crippen molar-refractivity contribution in [2.24, 2.45) is 0 Å². The van der Waals surface area contributed by atoms with E-state index >= 15 is 0 Å². The Bertz CT molecular complexity index is 731. The lowest BCUT2D eigenvalue weighted by molar-refractivity contribution is 0.136. The quantitative estimate of drug-likeness (QED) is 0.910. The Hall–Kier alpha value is -2.04. The van der Waals surface area contributed by atoms with Crippen LogP contribution in [0.4, 0.5) is 0 Å². The van der Waals surface area contributed by atoms with Gasteiger partial charge >= 0.3 is 0 Å². The number of aliphatic hydroxyl groups is 1. The molecule has 0 fully saturated rings. The summed E-state index contributed by atoms with van der Waals surface area (Å²) in [6.45, 7) is 3.51. The number of hydrogen-bond acceptors (Lipinski definition) is 4. The Balaban J connectivity index is 1.54. The minimum absolute atomic E-state index is 0.0350. The van der Waals surface area contributed by atoms with Gasteiger partial charge < -0.3 is 19.9 Å². The first-order valence-electron chi connectivity index (χ1n) is 8.64. The molecule has 3 unspecified atom stereocenters. The summed E-state index contributed by atoms with van der Waals surface area (Å²) in [4.78, 5) is 0. The van der Waals surface area contributed by atoms with Crippen LogP contribution in [0.3, 0.4) is 0 Å². The van der Waals surface area contributed by atoms with Crippen LogP contribution in [0.5, 0.6) is 11.5 Å². The van der Waals surface area contributed by atoms with Gasteiger partial charge in [-0.15, -0.1) is 0 Å². The molecule has 0 aromatic heterocycles. The van der Waals surface area contributed by atoms with Gasteiger partial charge in [0.1, 0.15) is 0 Å². The minimum atomic E-state index is -0.384.